The van der Waals surface area contributed by atoms with E-state index in [1.807, 2.05) is 12.1 Å². The molecule has 0 bridgehead atoms. The van der Waals surface area contributed by atoms with E-state index in [1.54, 1.807) is 0 Å². The fourth-order valence-electron chi connectivity index (χ4n) is 5.32. The van der Waals surface area contributed by atoms with Crippen molar-refractivity contribution in [2.24, 2.45) is 0 Å². The lowest BCUT2D eigenvalue weighted by Crippen LogP contribution is -2.58. The van der Waals surface area contributed by atoms with Crippen LogP contribution in [0.4, 0.5) is 0 Å². The van der Waals surface area contributed by atoms with E-state index in [9.17, 15) is 0 Å². The highest BCUT2D eigenvalue weighted by molar-refractivity contribution is 6.30. The zero-order valence-electron chi connectivity index (χ0n) is 21.2. The van der Waals surface area contributed by atoms with E-state index in [2.05, 4.69) is 61.3 Å². The molecule has 1 unspecified atom stereocenters. The molecule has 0 saturated carbocycles. The monoisotopic (exact) mass is 469 g/mol. The van der Waals surface area contributed by atoms with Crippen molar-refractivity contribution in [1.29, 1.82) is 0 Å². The van der Waals surface area contributed by atoms with Crippen LogP contribution in [0.2, 0.25) is 5.02 Å². The van der Waals surface area contributed by atoms with Gasteiger partial charge in [0.25, 0.3) is 0 Å². The standard InChI is InChI=1S/C30H46ClN2/c1-3-4-5-6-7-8-9-10-11-15-24-33(2)25-22-32(23-26-33)30(27-16-13-12-14-17-27)28-18-20-29(31)21-19-28/h12-14,16-21,30H,3-11,15,22-26H2,1-2H3/q+1. The molecular formula is C30H46ClN2+. The second-order valence-electron chi connectivity index (χ2n) is 10.4. The SMILES string of the molecule is CCCCCCCCCCCC[N+]1(C)CCN(C(c2ccccc2)c2ccc(Cl)cc2)CC1. The molecule has 0 spiro atoms. The van der Waals surface area contributed by atoms with Gasteiger partial charge >= 0.3 is 0 Å². The number of unbranched alkanes of at least 4 members (excludes halogenated alkanes) is 9. The Kier molecular flexibility index (Phi) is 11.3. The summed E-state index contributed by atoms with van der Waals surface area (Å²) in [5.74, 6) is 0. The van der Waals surface area contributed by atoms with Crippen molar-refractivity contribution in [3.05, 3.63) is 70.7 Å². The average Bonchev–Trinajstić information content (AvgIpc) is 2.84. The highest BCUT2D eigenvalue weighted by Gasteiger charge is 2.32. The molecule has 1 aliphatic heterocycles. The normalized spacial score (nSPS) is 17.2. The fourth-order valence-corrected chi connectivity index (χ4v) is 5.45. The zero-order chi connectivity index (χ0) is 23.4. The Morgan fingerprint density at radius 2 is 1.24 bits per heavy atom. The third-order valence-corrected chi connectivity index (χ3v) is 7.82. The van der Waals surface area contributed by atoms with Gasteiger partial charge in [0.05, 0.1) is 32.7 Å². The molecule has 1 heterocycles. The van der Waals surface area contributed by atoms with Crippen LogP contribution in [-0.2, 0) is 0 Å². The van der Waals surface area contributed by atoms with Gasteiger partial charge in [0.15, 0.2) is 0 Å². The molecule has 0 N–H and O–H groups in total. The summed E-state index contributed by atoms with van der Waals surface area (Å²) in [5.41, 5.74) is 2.72. The predicted molar refractivity (Wildman–Crippen MR) is 144 cm³/mol. The molecule has 0 amide bonds. The first-order valence-corrected chi connectivity index (χ1v) is 13.9. The number of piperazine rings is 1. The van der Waals surface area contributed by atoms with Crippen LogP contribution in [0.15, 0.2) is 54.6 Å². The summed E-state index contributed by atoms with van der Waals surface area (Å²) >= 11 is 6.18. The minimum absolute atomic E-state index is 0.314. The maximum Gasteiger partial charge on any atom is 0.0914 e. The van der Waals surface area contributed by atoms with Crippen LogP contribution in [0.5, 0.6) is 0 Å². The van der Waals surface area contributed by atoms with Crippen LogP contribution in [-0.4, -0.2) is 49.2 Å². The number of likely N-dealkylation sites (N-methyl/N-ethyl adjacent to an activating group) is 1. The van der Waals surface area contributed by atoms with E-state index >= 15 is 0 Å². The van der Waals surface area contributed by atoms with Gasteiger partial charge in [0.1, 0.15) is 0 Å². The molecule has 1 fully saturated rings. The summed E-state index contributed by atoms with van der Waals surface area (Å²) in [6, 6.07) is 19.7. The number of hydrogen-bond acceptors (Lipinski definition) is 1. The van der Waals surface area contributed by atoms with Crippen molar-refractivity contribution >= 4 is 11.6 Å². The fraction of sp³-hybridized carbons (Fsp3) is 0.600. The largest absolute Gasteiger partial charge is 0.324 e. The lowest BCUT2D eigenvalue weighted by molar-refractivity contribution is -0.914. The average molecular weight is 470 g/mol. The second kappa shape index (κ2) is 14.1. The molecule has 1 aliphatic rings. The maximum atomic E-state index is 6.18. The molecule has 2 aromatic carbocycles. The van der Waals surface area contributed by atoms with Gasteiger partial charge in [-0.2, -0.15) is 0 Å². The summed E-state index contributed by atoms with van der Waals surface area (Å²) in [4.78, 5) is 2.68. The molecule has 0 aromatic heterocycles. The maximum absolute atomic E-state index is 6.18. The van der Waals surface area contributed by atoms with Crippen LogP contribution in [0, 0.1) is 0 Å². The number of rotatable bonds is 14. The van der Waals surface area contributed by atoms with Gasteiger partial charge in [0.2, 0.25) is 0 Å². The van der Waals surface area contributed by atoms with Gasteiger partial charge in [0, 0.05) is 18.1 Å². The molecule has 1 saturated heterocycles. The Hall–Kier alpha value is -1.35. The zero-order valence-corrected chi connectivity index (χ0v) is 21.9. The van der Waals surface area contributed by atoms with E-state index in [0.717, 1.165) is 18.1 Å². The van der Waals surface area contributed by atoms with E-state index in [0.29, 0.717) is 6.04 Å². The highest BCUT2D eigenvalue weighted by atomic mass is 35.5. The third kappa shape index (κ3) is 8.74. The van der Waals surface area contributed by atoms with E-state index in [-0.39, 0.29) is 0 Å². The number of nitrogens with zero attached hydrogens (tertiary/aromatic N) is 2. The van der Waals surface area contributed by atoms with Crippen LogP contribution in [0.25, 0.3) is 0 Å². The van der Waals surface area contributed by atoms with Gasteiger partial charge in [-0.25, -0.2) is 0 Å². The van der Waals surface area contributed by atoms with Crippen molar-refractivity contribution in [1.82, 2.24) is 4.90 Å². The summed E-state index contributed by atoms with van der Waals surface area (Å²) in [7, 11) is 2.48. The first-order chi connectivity index (χ1) is 16.1. The van der Waals surface area contributed by atoms with Gasteiger partial charge in [-0.3, -0.25) is 4.90 Å². The Morgan fingerprint density at radius 1 is 0.727 bits per heavy atom. The molecule has 33 heavy (non-hydrogen) atoms. The van der Waals surface area contributed by atoms with Crippen molar-refractivity contribution in [3.8, 4) is 0 Å². The summed E-state index contributed by atoms with van der Waals surface area (Å²) < 4.78 is 1.23. The molecule has 2 nitrogen and oxygen atoms in total. The van der Waals surface area contributed by atoms with Gasteiger partial charge in [-0.1, -0.05) is 112 Å². The Morgan fingerprint density at radius 3 is 1.82 bits per heavy atom. The lowest BCUT2D eigenvalue weighted by atomic mass is 9.96. The van der Waals surface area contributed by atoms with Crippen molar-refractivity contribution < 1.29 is 4.48 Å². The van der Waals surface area contributed by atoms with Gasteiger partial charge < -0.3 is 4.48 Å². The van der Waals surface area contributed by atoms with Crippen molar-refractivity contribution in [2.45, 2.75) is 77.2 Å². The summed E-state index contributed by atoms with van der Waals surface area (Å²) in [6.07, 6.45) is 14.2. The smallest absolute Gasteiger partial charge is 0.0914 e. The van der Waals surface area contributed by atoms with Crippen LogP contribution in [0.1, 0.15) is 88.3 Å². The molecule has 0 radical (unpaired) electrons. The highest BCUT2D eigenvalue weighted by Crippen LogP contribution is 2.31. The first-order valence-electron chi connectivity index (χ1n) is 13.5. The molecule has 3 rings (SSSR count). The second-order valence-corrected chi connectivity index (χ2v) is 10.8. The Bertz CT molecular complexity index is 766. The van der Waals surface area contributed by atoms with Crippen LogP contribution in [0.3, 0.4) is 0 Å². The first kappa shape index (κ1) is 26.3. The Balaban J connectivity index is 1.43. The minimum Gasteiger partial charge on any atom is -0.324 e. The number of quaternary nitrogens is 1. The molecule has 182 valence electrons. The Labute approximate surface area is 208 Å². The lowest BCUT2D eigenvalue weighted by Gasteiger charge is -2.45. The summed E-state index contributed by atoms with van der Waals surface area (Å²) in [6.45, 7) is 8.42. The quantitative estimate of drug-likeness (QED) is 0.199. The number of benzene rings is 2. The predicted octanol–water partition coefficient (Wildman–Crippen LogP) is 8.11. The third-order valence-electron chi connectivity index (χ3n) is 7.57. The van der Waals surface area contributed by atoms with Crippen LogP contribution < -0.4 is 0 Å². The van der Waals surface area contributed by atoms with Crippen molar-refractivity contribution in [2.75, 3.05) is 39.8 Å². The molecule has 3 heteroatoms. The van der Waals surface area contributed by atoms with E-state index < -0.39 is 0 Å². The van der Waals surface area contributed by atoms with E-state index in [1.165, 1.54) is 99.5 Å². The van der Waals surface area contributed by atoms with E-state index in [4.69, 9.17) is 11.6 Å². The topological polar surface area (TPSA) is 3.24 Å². The molecule has 2 aromatic rings. The van der Waals surface area contributed by atoms with Crippen molar-refractivity contribution in [3.63, 3.8) is 0 Å². The van der Waals surface area contributed by atoms with Crippen LogP contribution >= 0.6 is 11.6 Å². The molecule has 1 atom stereocenters. The van der Waals surface area contributed by atoms with Gasteiger partial charge in [-0.15, -0.1) is 0 Å². The minimum atomic E-state index is 0.314. The number of hydrogen-bond donors (Lipinski definition) is 0. The van der Waals surface area contributed by atoms with Gasteiger partial charge in [-0.05, 0) is 36.1 Å². The molecule has 0 aliphatic carbocycles. The molecular weight excluding hydrogens is 424 g/mol. The summed E-state index contributed by atoms with van der Waals surface area (Å²) in [5, 5.41) is 0.810. The number of halogens is 1.